The number of aromatic nitrogens is 3. The van der Waals surface area contributed by atoms with Gasteiger partial charge in [-0.3, -0.25) is 8.97 Å². The van der Waals surface area contributed by atoms with Crippen molar-refractivity contribution in [1.29, 1.82) is 0 Å². The maximum absolute atomic E-state index is 2.69. The fourth-order valence-electron chi connectivity index (χ4n) is 12.9. The highest BCUT2D eigenvalue weighted by Crippen LogP contribution is 2.57. The van der Waals surface area contributed by atoms with Crippen molar-refractivity contribution in [3.05, 3.63) is 130 Å². The number of hydrogen-bond donors (Lipinski definition) is 0. The number of imidazole rings is 1. The first-order valence-electron chi connectivity index (χ1n) is 20.6. The summed E-state index contributed by atoms with van der Waals surface area (Å²) in [6.45, 7) is 14.6. The summed E-state index contributed by atoms with van der Waals surface area (Å²) in [5.74, 6) is 0. The summed E-state index contributed by atoms with van der Waals surface area (Å²) in [4.78, 5) is 0. The Balaban J connectivity index is 1.16. The van der Waals surface area contributed by atoms with Crippen LogP contribution in [0.25, 0.3) is 71.9 Å². The van der Waals surface area contributed by atoms with E-state index in [4.69, 9.17) is 0 Å². The molecular formula is C51H42BN3. The van der Waals surface area contributed by atoms with Gasteiger partial charge in [0.25, 0.3) is 6.71 Å². The Morgan fingerprint density at radius 2 is 1.18 bits per heavy atom. The predicted molar refractivity (Wildman–Crippen MR) is 231 cm³/mol. The number of fused-ring (bicyclic) bond motifs is 18. The van der Waals surface area contributed by atoms with E-state index in [0.29, 0.717) is 0 Å². The Morgan fingerprint density at radius 3 is 1.96 bits per heavy atom. The molecule has 0 amide bonds. The van der Waals surface area contributed by atoms with Gasteiger partial charge in [-0.05, 0) is 159 Å². The molecule has 3 aromatic heterocycles. The lowest BCUT2D eigenvalue weighted by Crippen LogP contribution is -2.59. The third kappa shape index (κ3) is 3.12. The summed E-state index contributed by atoms with van der Waals surface area (Å²) in [7, 11) is 0. The number of aryl methyl sites for hydroxylation is 2. The predicted octanol–water partition coefficient (Wildman–Crippen LogP) is 10.3. The number of rotatable bonds is 0. The summed E-state index contributed by atoms with van der Waals surface area (Å²) >= 11 is 0. The molecule has 4 aliphatic carbocycles. The van der Waals surface area contributed by atoms with Crippen LogP contribution in [0.3, 0.4) is 0 Å². The maximum atomic E-state index is 2.69. The molecule has 0 unspecified atom stereocenters. The highest BCUT2D eigenvalue weighted by Gasteiger charge is 2.49. The van der Waals surface area contributed by atoms with E-state index < -0.39 is 0 Å². The molecule has 264 valence electrons. The molecule has 0 N–H and O–H groups in total. The topological polar surface area (TPSA) is 14.3 Å². The van der Waals surface area contributed by atoms with Gasteiger partial charge in [0.1, 0.15) is 5.65 Å². The van der Waals surface area contributed by atoms with Crippen LogP contribution in [0.4, 0.5) is 0 Å². The largest absolute Gasteiger partial charge is 0.310 e. The molecule has 2 bridgehead atoms. The van der Waals surface area contributed by atoms with Crippen molar-refractivity contribution in [2.75, 3.05) is 0 Å². The molecule has 5 heterocycles. The zero-order valence-corrected chi connectivity index (χ0v) is 32.5. The lowest BCUT2D eigenvalue weighted by molar-refractivity contribution is 0.188. The van der Waals surface area contributed by atoms with Gasteiger partial charge in [-0.25, -0.2) is 0 Å². The molecule has 3 nitrogen and oxygen atoms in total. The average Bonchev–Trinajstić information content (AvgIpc) is 3.87. The van der Waals surface area contributed by atoms with Gasteiger partial charge in [-0.15, -0.1) is 0 Å². The van der Waals surface area contributed by atoms with E-state index in [1.165, 1.54) is 136 Å². The van der Waals surface area contributed by atoms with Crippen LogP contribution in [0.5, 0.6) is 0 Å². The second-order valence-corrected chi connectivity index (χ2v) is 19.2. The van der Waals surface area contributed by atoms with E-state index >= 15 is 0 Å². The normalized spacial score (nSPS) is 22.0. The summed E-state index contributed by atoms with van der Waals surface area (Å²) in [6, 6.07) is 38.7. The van der Waals surface area contributed by atoms with Crippen LogP contribution in [0.1, 0.15) is 86.8 Å². The number of para-hydroxylation sites is 1. The van der Waals surface area contributed by atoms with E-state index in [2.05, 4.69) is 152 Å². The van der Waals surface area contributed by atoms with Crippen molar-refractivity contribution >= 4 is 72.5 Å². The average molecular weight is 708 g/mol. The van der Waals surface area contributed by atoms with Crippen LogP contribution in [-0.2, 0) is 16.2 Å². The number of benzene rings is 6. The molecule has 0 atom stereocenters. The second kappa shape index (κ2) is 8.97. The summed E-state index contributed by atoms with van der Waals surface area (Å²) in [5, 5.41) is 4.11. The second-order valence-electron chi connectivity index (χ2n) is 19.2. The first-order chi connectivity index (χ1) is 26.6. The first-order valence-corrected chi connectivity index (χ1v) is 20.6. The smallest absolute Gasteiger partial charge is 0.255 e. The number of nitrogens with zero attached hydrogens (tertiary/aromatic N) is 3. The molecule has 55 heavy (non-hydrogen) atoms. The number of hydrogen-bond acceptors (Lipinski definition) is 0. The van der Waals surface area contributed by atoms with E-state index in [-0.39, 0.29) is 23.0 Å². The monoisotopic (exact) mass is 707 g/mol. The Hall–Kier alpha value is -5.48. The van der Waals surface area contributed by atoms with Crippen molar-refractivity contribution in [3.8, 4) is 22.5 Å². The Labute approximate surface area is 321 Å². The fraction of sp³-hybridized carbons (Fsp3) is 0.255. The SMILES string of the molecule is Cc1cc2c3c4n(c5cc6c(cc5n4c2cc1C)C1(C)CCC6(C)CC1)-c1cccc2c1B3c1cccc3c4cc5c(cc4n-2c13)C(C)(C)c1ccccc1-5. The van der Waals surface area contributed by atoms with E-state index in [1.807, 2.05) is 0 Å². The Morgan fingerprint density at radius 1 is 0.509 bits per heavy atom. The van der Waals surface area contributed by atoms with Gasteiger partial charge in [0, 0.05) is 33.1 Å². The van der Waals surface area contributed by atoms with Gasteiger partial charge in [0.15, 0.2) is 0 Å². The van der Waals surface area contributed by atoms with Crippen LogP contribution >= 0.6 is 0 Å². The van der Waals surface area contributed by atoms with Crippen molar-refractivity contribution in [1.82, 2.24) is 13.5 Å². The van der Waals surface area contributed by atoms with E-state index in [9.17, 15) is 0 Å². The van der Waals surface area contributed by atoms with Crippen LogP contribution in [0.15, 0.2) is 97.1 Å². The standard InChI is InChI=1S/C51H42BN3/c1-27-21-33-41(22-28(27)2)55-44-26-37-36(50(5)17-19-51(37,6)20-18-50)25-43(44)54-40-16-10-15-39-46(40)52(45(33)48(54)55)38-14-9-12-30-32-23-31-29-11-7-8-13-34(29)49(3,4)35(31)24-42(32)53(39)47(30)38/h7-16,21-26H,17-20H2,1-6H3. The van der Waals surface area contributed by atoms with Crippen molar-refractivity contribution in [3.63, 3.8) is 0 Å². The van der Waals surface area contributed by atoms with Crippen LogP contribution < -0.4 is 16.4 Å². The minimum absolute atomic E-state index is 0.0642. The zero-order chi connectivity index (χ0) is 36.7. The summed E-state index contributed by atoms with van der Waals surface area (Å²) in [6.07, 6.45) is 5.16. The molecule has 2 aliphatic heterocycles. The van der Waals surface area contributed by atoms with E-state index in [1.54, 1.807) is 11.1 Å². The van der Waals surface area contributed by atoms with Gasteiger partial charge >= 0.3 is 0 Å². The van der Waals surface area contributed by atoms with Crippen LogP contribution in [0.2, 0.25) is 0 Å². The molecule has 1 saturated carbocycles. The molecule has 9 aromatic rings. The lowest BCUT2D eigenvalue weighted by atomic mass is 9.34. The van der Waals surface area contributed by atoms with Gasteiger partial charge < -0.3 is 4.57 Å². The highest BCUT2D eigenvalue weighted by molar-refractivity contribution is 7.01. The minimum Gasteiger partial charge on any atom is -0.310 e. The Kier molecular flexibility index (Phi) is 4.87. The maximum Gasteiger partial charge on any atom is 0.255 e. The molecule has 6 aromatic carbocycles. The fourth-order valence-corrected chi connectivity index (χ4v) is 12.9. The Bertz CT molecular complexity index is 3350. The van der Waals surface area contributed by atoms with Gasteiger partial charge in [0.2, 0.25) is 0 Å². The van der Waals surface area contributed by atoms with Gasteiger partial charge in [0.05, 0.1) is 22.1 Å². The summed E-state index contributed by atoms with van der Waals surface area (Å²) < 4.78 is 8.01. The quantitative estimate of drug-likeness (QED) is 0.139. The van der Waals surface area contributed by atoms with Crippen molar-refractivity contribution in [2.45, 2.75) is 83.5 Å². The molecule has 6 aliphatic rings. The molecule has 0 spiro atoms. The minimum atomic E-state index is -0.0642. The first kappa shape index (κ1) is 29.8. The molecular weight excluding hydrogens is 665 g/mol. The van der Waals surface area contributed by atoms with Crippen molar-refractivity contribution in [2.24, 2.45) is 0 Å². The summed E-state index contributed by atoms with van der Waals surface area (Å²) in [5.41, 5.74) is 27.1. The molecule has 0 radical (unpaired) electrons. The third-order valence-electron chi connectivity index (χ3n) is 16.1. The molecule has 0 saturated heterocycles. The highest BCUT2D eigenvalue weighted by atomic mass is 15.2. The van der Waals surface area contributed by atoms with Gasteiger partial charge in [-0.2, -0.15) is 0 Å². The zero-order valence-electron chi connectivity index (χ0n) is 32.5. The van der Waals surface area contributed by atoms with Crippen LogP contribution in [-0.4, -0.2) is 20.2 Å². The van der Waals surface area contributed by atoms with E-state index in [0.717, 1.165) is 0 Å². The van der Waals surface area contributed by atoms with Gasteiger partial charge in [-0.1, -0.05) is 82.3 Å². The lowest BCUT2D eigenvalue weighted by Gasteiger charge is -2.52. The molecule has 1 fully saturated rings. The van der Waals surface area contributed by atoms with Crippen LogP contribution in [0, 0.1) is 13.8 Å². The van der Waals surface area contributed by atoms with Crippen molar-refractivity contribution < 1.29 is 0 Å². The third-order valence-corrected chi connectivity index (χ3v) is 16.1. The molecule has 15 rings (SSSR count). The molecule has 4 heteroatoms.